The number of hydrogen-bond acceptors (Lipinski definition) is 4. The third-order valence-corrected chi connectivity index (χ3v) is 2.64. The fourth-order valence-electron chi connectivity index (χ4n) is 1.88. The van der Waals surface area contributed by atoms with Gasteiger partial charge in [0.2, 0.25) is 0 Å². The van der Waals surface area contributed by atoms with Gasteiger partial charge < -0.3 is 15.1 Å². The molecule has 0 aliphatic carbocycles. The van der Waals surface area contributed by atoms with E-state index in [0.29, 0.717) is 23.0 Å². The molecule has 0 radical (unpaired) electrons. The molecule has 0 fully saturated rings. The van der Waals surface area contributed by atoms with E-state index in [1.54, 1.807) is 43.3 Å². The monoisotopic (exact) mass is 246 g/mol. The van der Waals surface area contributed by atoms with Crippen molar-refractivity contribution in [3.63, 3.8) is 0 Å². The van der Waals surface area contributed by atoms with E-state index in [4.69, 9.17) is 0 Å². The summed E-state index contributed by atoms with van der Waals surface area (Å²) in [5, 5.41) is 19.9. The van der Waals surface area contributed by atoms with Crippen molar-refractivity contribution in [3.05, 3.63) is 35.5 Å². The molecule has 0 amide bonds. The van der Waals surface area contributed by atoms with Crippen LogP contribution in [0.25, 0.3) is 10.9 Å². The topological polar surface area (TPSA) is 73.7 Å². The molecule has 1 aromatic heterocycles. The number of rotatable bonds is 3. The maximum absolute atomic E-state index is 11.2. The summed E-state index contributed by atoms with van der Waals surface area (Å²) in [7, 11) is 3.61. The number of aromatic nitrogens is 1. The zero-order valence-electron chi connectivity index (χ0n) is 10.2. The van der Waals surface area contributed by atoms with Crippen LogP contribution in [0.5, 0.6) is 5.75 Å². The van der Waals surface area contributed by atoms with Gasteiger partial charge in [-0.3, -0.25) is 0 Å². The summed E-state index contributed by atoms with van der Waals surface area (Å²) in [4.78, 5) is 17.1. The number of carboxylic acid groups (broad SMARTS) is 1. The van der Waals surface area contributed by atoms with E-state index in [2.05, 4.69) is 4.98 Å². The lowest BCUT2D eigenvalue weighted by Crippen LogP contribution is -2.16. The Labute approximate surface area is 104 Å². The first-order valence-electron chi connectivity index (χ1n) is 5.49. The van der Waals surface area contributed by atoms with Crippen LogP contribution in [0, 0.1) is 0 Å². The number of para-hydroxylation sites is 1. The average Bonchev–Trinajstić information content (AvgIpc) is 2.32. The summed E-state index contributed by atoms with van der Waals surface area (Å²) >= 11 is 0. The number of benzene rings is 1. The fraction of sp³-hybridized carbons (Fsp3) is 0.231. The van der Waals surface area contributed by atoms with Gasteiger partial charge in [0.15, 0.2) is 5.69 Å². The van der Waals surface area contributed by atoms with Crippen LogP contribution in [0.3, 0.4) is 0 Å². The zero-order valence-corrected chi connectivity index (χ0v) is 10.2. The van der Waals surface area contributed by atoms with Crippen molar-refractivity contribution in [1.82, 2.24) is 9.88 Å². The predicted octanol–water partition coefficient (Wildman–Crippen LogP) is 1.70. The molecule has 0 saturated heterocycles. The van der Waals surface area contributed by atoms with Crippen molar-refractivity contribution >= 4 is 16.9 Å². The summed E-state index contributed by atoms with van der Waals surface area (Å²) in [5.41, 5.74) is 0.723. The summed E-state index contributed by atoms with van der Waals surface area (Å²) in [6, 6.07) is 6.94. The number of carboxylic acids is 1. The standard InChI is InChI=1S/C13H14N2O3/c1-15(2)7-9-11(13(17)18)14-10-6-4-3-5-8(10)12(9)16/h3-6H,7H2,1-2H3,(H,14,16)(H,17,18). The number of nitrogens with zero attached hydrogens (tertiary/aromatic N) is 2. The summed E-state index contributed by atoms with van der Waals surface area (Å²) < 4.78 is 0. The third-order valence-electron chi connectivity index (χ3n) is 2.64. The van der Waals surface area contributed by atoms with E-state index >= 15 is 0 Å². The van der Waals surface area contributed by atoms with Crippen molar-refractivity contribution in [2.75, 3.05) is 14.1 Å². The molecule has 0 aliphatic heterocycles. The molecule has 1 aromatic carbocycles. The van der Waals surface area contributed by atoms with Crippen LogP contribution >= 0.6 is 0 Å². The molecule has 1 heterocycles. The van der Waals surface area contributed by atoms with Crippen molar-refractivity contribution in [1.29, 1.82) is 0 Å². The minimum atomic E-state index is -1.13. The molecule has 2 N–H and O–H groups in total. The van der Waals surface area contributed by atoms with Crippen LogP contribution in [-0.4, -0.2) is 40.2 Å². The highest BCUT2D eigenvalue weighted by atomic mass is 16.4. The molecular weight excluding hydrogens is 232 g/mol. The molecule has 0 saturated carbocycles. The average molecular weight is 246 g/mol. The van der Waals surface area contributed by atoms with Gasteiger partial charge in [-0.1, -0.05) is 12.1 Å². The normalized spacial score (nSPS) is 11.1. The minimum absolute atomic E-state index is 0.00769. The van der Waals surface area contributed by atoms with Crippen LogP contribution in [0.1, 0.15) is 16.1 Å². The quantitative estimate of drug-likeness (QED) is 0.862. The van der Waals surface area contributed by atoms with Crippen molar-refractivity contribution in [2.45, 2.75) is 6.54 Å². The molecule has 0 atom stereocenters. The first kappa shape index (κ1) is 12.3. The molecule has 18 heavy (non-hydrogen) atoms. The van der Waals surface area contributed by atoms with E-state index in [1.807, 2.05) is 0 Å². The third kappa shape index (κ3) is 2.12. The second-order valence-corrected chi connectivity index (χ2v) is 4.35. The summed E-state index contributed by atoms with van der Waals surface area (Å²) in [6.45, 7) is 0.325. The number of aromatic carboxylic acids is 1. The lowest BCUT2D eigenvalue weighted by atomic mass is 10.1. The Balaban J connectivity index is 2.75. The summed E-state index contributed by atoms with van der Waals surface area (Å²) in [5.74, 6) is -1.14. The van der Waals surface area contributed by atoms with Gasteiger partial charge in [-0.15, -0.1) is 0 Å². The van der Waals surface area contributed by atoms with Crippen LogP contribution in [-0.2, 0) is 6.54 Å². The Morgan fingerprint density at radius 1 is 1.33 bits per heavy atom. The van der Waals surface area contributed by atoms with E-state index in [-0.39, 0.29) is 11.4 Å². The van der Waals surface area contributed by atoms with E-state index in [1.165, 1.54) is 0 Å². The molecule has 94 valence electrons. The Morgan fingerprint density at radius 2 is 2.00 bits per heavy atom. The molecule has 0 unspecified atom stereocenters. The number of hydrogen-bond donors (Lipinski definition) is 2. The van der Waals surface area contributed by atoms with Crippen molar-refractivity contribution < 1.29 is 15.0 Å². The molecule has 0 aliphatic rings. The molecule has 2 rings (SSSR count). The number of carbonyl (C=O) groups is 1. The van der Waals surface area contributed by atoms with Gasteiger partial charge in [0, 0.05) is 17.5 Å². The molecule has 0 bridgehead atoms. The highest BCUT2D eigenvalue weighted by Crippen LogP contribution is 2.30. The fourth-order valence-corrected chi connectivity index (χ4v) is 1.88. The van der Waals surface area contributed by atoms with Gasteiger partial charge in [0.05, 0.1) is 5.52 Å². The maximum atomic E-state index is 11.2. The number of pyridine rings is 1. The van der Waals surface area contributed by atoms with Gasteiger partial charge in [0.25, 0.3) is 0 Å². The Kier molecular flexibility index (Phi) is 3.16. The van der Waals surface area contributed by atoms with E-state index < -0.39 is 5.97 Å². The molecular formula is C13H14N2O3. The van der Waals surface area contributed by atoms with Gasteiger partial charge in [-0.25, -0.2) is 9.78 Å². The van der Waals surface area contributed by atoms with Gasteiger partial charge >= 0.3 is 5.97 Å². The zero-order chi connectivity index (χ0) is 13.3. The summed E-state index contributed by atoms with van der Waals surface area (Å²) in [6.07, 6.45) is 0. The van der Waals surface area contributed by atoms with Gasteiger partial charge in [-0.2, -0.15) is 0 Å². The minimum Gasteiger partial charge on any atom is -0.507 e. The second kappa shape index (κ2) is 4.62. The SMILES string of the molecule is CN(C)Cc1c(C(=O)O)nc2ccccc2c1O. The molecule has 5 nitrogen and oxygen atoms in total. The van der Waals surface area contributed by atoms with Gasteiger partial charge in [-0.05, 0) is 26.2 Å². The Morgan fingerprint density at radius 3 is 2.61 bits per heavy atom. The first-order chi connectivity index (χ1) is 8.50. The van der Waals surface area contributed by atoms with Gasteiger partial charge in [0.1, 0.15) is 5.75 Å². The Bertz CT molecular complexity index is 608. The first-order valence-corrected chi connectivity index (χ1v) is 5.49. The molecule has 2 aromatic rings. The molecule has 5 heteroatoms. The lowest BCUT2D eigenvalue weighted by molar-refractivity contribution is 0.0688. The van der Waals surface area contributed by atoms with Crippen LogP contribution < -0.4 is 0 Å². The second-order valence-electron chi connectivity index (χ2n) is 4.35. The van der Waals surface area contributed by atoms with E-state index in [0.717, 1.165) is 0 Å². The van der Waals surface area contributed by atoms with E-state index in [9.17, 15) is 15.0 Å². The van der Waals surface area contributed by atoms with Crippen molar-refractivity contribution in [3.8, 4) is 5.75 Å². The lowest BCUT2D eigenvalue weighted by Gasteiger charge is -2.14. The maximum Gasteiger partial charge on any atom is 0.354 e. The smallest absolute Gasteiger partial charge is 0.354 e. The molecule has 0 spiro atoms. The van der Waals surface area contributed by atoms with Crippen LogP contribution in [0.4, 0.5) is 0 Å². The number of aromatic hydroxyl groups is 1. The highest BCUT2D eigenvalue weighted by molar-refractivity contribution is 5.95. The Hall–Kier alpha value is -2.14. The van der Waals surface area contributed by atoms with Crippen LogP contribution in [0.15, 0.2) is 24.3 Å². The predicted molar refractivity (Wildman–Crippen MR) is 67.8 cm³/mol. The largest absolute Gasteiger partial charge is 0.507 e. The highest BCUT2D eigenvalue weighted by Gasteiger charge is 2.19. The van der Waals surface area contributed by atoms with Crippen LogP contribution in [0.2, 0.25) is 0 Å². The number of fused-ring (bicyclic) bond motifs is 1. The van der Waals surface area contributed by atoms with Crippen molar-refractivity contribution in [2.24, 2.45) is 0 Å².